The smallest absolute Gasteiger partial charge is 0.411 e. The van der Waals surface area contributed by atoms with Crippen molar-refractivity contribution in [3.8, 4) is 0 Å². The molecular weight excluding hydrogens is 226 g/mol. The molecule has 1 heterocycles. The Hall–Kier alpha value is -1.56. The molecule has 1 saturated heterocycles. The molecule has 1 atom stereocenters. The van der Waals surface area contributed by atoms with E-state index in [1.54, 1.807) is 13.8 Å². The highest BCUT2D eigenvalue weighted by Crippen LogP contribution is 2.25. The Morgan fingerprint density at radius 2 is 2.29 bits per heavy atom. The van der Waals surface area contributed by atoms with Crippen LogP contribution in [0, 0.1) is 0 Å². The average Bonchev–Trinajstić information content (AvgIpc) is 2.23. The van der Waals surface area contributed by atoms with Crippen LogP contribution in [-0.4, -0.2) is 53.5 Å². The van der Waals surface area contributed by atoms with Gasteiger partial charge in [-0.1, -0.05) is 12.7 Å². The van der Waals surface area contributed by atoms with Gasteiger partial charge in [0.15, 0.2) is 6.04 Å². The van der Waals surface area contributed by atoms with Crippen molar-refractivity contribution in [1.29, 1.82) is 0 Å². The normalized spacial score (nSPS) is 22.9. The monoisotopic (exact) mass is 243 g/mol. The lowest BCUT2D eigenvalue weighted by atomic mass is 9.95. The lowest BCUT2D eigenvalue weighted by Gasteiger charge is -2.42. The molecule has 6 heteroatoms. The van der Waals surface area contributed by atoms with Gasteiger partial charge in [0, 0.05) is 6.54 Å². The zero-order chi connectivity index (χ0) is 13.1. The topological polar surface area (TPSA) is 76.1 Å². The molecule has 1 amide bonds. The molecule has 0 aromatic carbocycles. The summed E-state index contributed by atoms with van der Waals surface area (Å²) in [6.07, 6.45) is 0.771. The summed E-state index contributed by atoms with van der Waals surface area (Å²) in [7, 11) is 0. The first kappa shape index (κ1) is 13.5. The molecule has 0 aromatic heterocycles. The highest BCUT2D eigenvalue weighted by Gasteiger charge is 2.46. The zero-order valence-corrected chi connectivity index (χ0v) is 10.0. The van der Waals surface area contributed by atoms with Crippen molar-refractivity contribution in [2.45, 2.75) is 25.5 Å². The second-order valence-electron chi connectivity index (χ2n) is 4.25. The number of morpholine rings is 1. The van der Waals surface area contributed by atoms with Gasteiger partial charge in [-0.3, -0.25) is 4.90 Å². The maximum Gasteiger partial charge on any atom is 0.411 e. The van der Waals surface area contributed by atoms with E-state index in [0.717, 1.165) is 0 Å². The third kappa shape index (κ3) is 2.97. The minimum atomic E-state index is -1.11. The quantitative estimate of drug-likeness (QED) is 0.744. The summed E-state index contributed by atoms with van der Waals surface area (Å²) >= 11 is 0. The van der Waals surface area contributed by atoms with Crippen molar-refractivity contribution in [3.63, 3.8) is 0 Å². The Morgan fingerprint density at radius 3 is 2.82 bits per heavy atom. The van der Waals surface area contributed by atoms with E-state index in [1.165, 1.54) is 11.0 Å². The molecule has 0 saturated carbocycles. The summed E-state index contributed by atoms with van der Waals surface area (Å²) in [4.78, 5) is 24.1. The summed E-state index contributed by atoms with van der Waals surface area (Å²) in [5.41, 5.74) is -0.933. The predicted octanol–water partition coefficient (Wildman–Crippen LogP) is 0.873. The molecule has 0 aromatic rings. The van der Waals surface area contributed by atoms with Gasteiger partial charge in [0.2, 0.25) is 0 Å². The van der Waals surface area contributed by atoms with Crippen molar-refractivity contribution >= 4 is 12.1 Å². The molecule has 6 nitrogen and oxygen atoms in total. The van der Waals surface area contributed by atoms with Gasteiger partial charge in [0.05, 0.1) is 12.2 Å². The maximum atomic E-state index is 11.7. The number of aliphatic carboxylic acids is 1. The molecule has 1 N–H and O–H groups in total. The number of amides is 1. The number of rotatable bonds is 3. The third-order valence-electron chi connectivity index (χ3n) is 2.57. The summed E-state index contributed by atoms with van der Waals surface area (Å²) in [6.45, 7) is 7.25. The number of carbonyl (C=O) groups is 2. The molecule has 0 radical (unpaired) electrons. The highest BCUT2D eigenvalue weighted by atomic mass is 16.6. The number of carbonyl (C=O) groups excluding carboxylic acids is 1. The van der Waals surface area contributed by atoms with Crippen LogP contribution in [0.5, 0.6) is 0 Å². The van der Waals surface area contributed by atoms with Crippen LogP contribution in [0.25, 0.3) is 0 Å². The van der Waals surface area contributed by atoms with Crippen LogP contribution in [0.3, 0.4) is 0 Å². The summed E-state index contributed by atoms with van der Waals surface area (Å²) in [5.74, 6) is -1.11. The largest absolute Gasteiger partial charge is 0.480 e. The molecule has 0 spiro atoms. The number of ether oxygens (including phenoxy) is 2. The van der Waals surface area contributed by atoms with Crippen LogP contribution in [0.15, 0.2) is 12.7 Å². The second kappa shape index (κ2) is 5.18. The number of carboxylic acid groups (broad SMARTS) is 1. The van der Waals surface area contributed by atoms with Gasteiger partial charge in [-0.05, 0) is 13.8 Å². The Morgan fingerprint density at radius 1 is 1.65 bits per heavy atom. The van der Waals surface area contributed by atoms with Crippen LogP contribution in [-0.2, 0) is 14.3 Å². The van der Waals surface area contributed by atoms with Gasteiger partial charge in [-0.15, -0.1) is 0 Å². The van der Waals surface area contributed by atoms with Crippen molar-refractivity contribution < 1.29 is 24.2 Å². The molecule has 1 unspecified atom stereocenters. The Kier molecular flexibility index (Phi) is 4.11. The van der Waals surface area contributed by atoms with Crippen molar-refractivity contribution in [3.05, 3.63) is 12.7 Å². The summed E-state index contributed by atoms with van der Waals surface area (Å²) in [6, 6.07) is -1.05. The van der Waals surface area contributed by atoms with E-state index in [-0.39, 0.29) is 13.2 Å². The van der Waals surface area contributed by atoms with E-state index in [1.807, 2.05) is 0 Å². The van der Waals surface area contributed by atoms with E-state index >= 15 is 0 Å². The van der Waals surface area contributed by atoms with E-state index in [2.05, 4.69) is 6.58 Å². The van der Waals surface area contributed by atoms with E-state index in [0.29, 0.717) is 6.61 Å². The molecule has 0 bridgehead atoms. The highest BCUT2D eigenvalue weighted by molar-refractivity contribution is 5.81. The van der Waals surface area contributed by atoms with E-state index in [9.17, 15) is 9.59 Å². The van der Waals surface area contributed by atoms with Crippen LogP contribution >= 0.6 is 0 Å². The second-order valence-corrected chi connectivity index (χ2v) is 4.25. The molecule has 1 aliphatic rings. The lowest BCUT2D eigenvalue weighted by Crippen LogP contribution is -2.62. The predicted molar refractivity (Wildman–Crippen MR) is 59.7 cm³/mol. The number of nitrogens with zero attached hydrogens (tertiary/aromatic N) is 1. The molecule has 1 aliphatic heterocycles. The van der Waals surface area contributed by atoms with E-state index < -0.39 is 23.7 Å². The molecular formula is C11H17NO5. The van der Waals surface area contributed by atoms with Crippen molar-refractivity contribution in [2.24, 2.45) is 0 Å². The summed E-state index contributed by atoms with van der Waals surface area (Å²) < 4.78 is 10.2. The SMILES string of the molecule is C=CCOC(=O)N1CCOC(C)(C)C1C(=O)O. The van der Waals surface area contributed by atoms with Crippen LogP contribution in [0.1, 0.15) is 13.8 Å². The van der Waals surface area contributed by atoms with Crippen molar-refractivity contribution in [1.82, 2.24) is 4.90 Å². The maximum absolute atomic E-state index is 11.7. The molecule has 17 heavy (non-hydrogen) atoms. The molecule has 1 rings (SSSR count). The molecule has 0 aliphatic carbocycles. The lowest BCUT2D eigenvalue weighted by molar-refractivity contribution is -0.167. The van der Waals surface area contributed by atoms with Gasteiger partial charge < -0.3 is 14.6 Å². The van der Waals surface area contributed by atoms with Crippen LogP contribution in [0.2, 0.25) is 0 Å². The fourth-order valence-corrected chi connectivity index (χ4v) is 1.83. The first-order valence-electron chi connectivity index (χ1n) is 5.31. The zero-order valence-electron chi connectivity index (χ0n) is 10.0. The fourth-order valence-electron chi connectivity index (χ4n) is 1.83. The van der Waals surface area contributed by atoms with Crippen LogP contribution in [0.4, 0.5) is 4.79 Å². The van der Waals surface area contributed by atoms with Gasteiger partial charge in [0.1, 0.15) is 6.61 Å². The van der Waals surface area contributed by atoms with Crippen molar-refractivity contribution in [2.75, 3.05) is 19.8 Å². The number of hydrogen-bond donors (Lipinski definition) is 1. The standard InChI is InChI=1S/C11H17NO5/c1-4-6-16-10(15)12-5-7-17-11(2,3)8(12)9(13)14/h4,8H,1,5-7H2,2-3H3,(H,13,14). The van der Waals surface area contributed by atoms with Gasteiger partial charge in [-0.2, -0.15) is 0 Å². The van der Waals surface area contributed by atoms with Crippen LogP contribution < -0.4 is 0 Å². The minimum Gasteiger partial charge on any atom is -0.480 e. The van der Waals surface area contributed by atoms with E-state index in [4.69, 9.17) is 14.6 Å². The van der Waals surface area contributed by atoms with Gasteiger partial charge >= 0.3 is 12.1 Å². The first-order chi connectivity index (χ1) is 7.90. The number of hydrogen-bond acceptors (Lipinski definition) is 4. The van der Waals surface area contributed by atoms with Gasteiger partial charge in [0.25, 0.3) is 0 Å². The molecule has 1 fully saturated rings. The minimum absolute atomic E-state index is 0.0585. The third-order valence-corrected chi connectivity index (χ3v) is 2.57. The number of carboxylic acids is 1. The first-order valence-corrected chi connectivity index (χ1v) is 5.31. The fraction of sp³-hybridized carbons (Fsp3) is 0.636. The summed E-state index contributed by atoms with van der Waals surface area (Å²) in [5, 5.41) is 9.17. The van der Waals surface area contributed by atoms with Gasteiger partial charge in [-0.25, -0.2) is 9.59 Å². The Labute approximate surface area is 99.8 Å². The average molecular weight is 243 g/mol. The Bertz CT molecular complexity index is 326. The Balaban J connectivity index is 2.84. The molecule has 96 valence electrons.